The normalized spacial score (nSPS) is 11.7. The standard InChI is InChI=1S/C40H27N3/c1-4-14-28(15-5-1)36-27-37(29-16-6-2-7-17-29)42-40(41-36)30-24-25-39-35(26-30)33-21-11-10-20-32(33)34-22-12-13-23-38(34)43(39)31-18-8-3-9-19-31/h1-27H. The maximum Gasteiger partial charge on any atom is 0.160 e. The van der Waals surface area contributed by atoms with Gasteiger partial charge < -0.3 is 4.90 Å². The number of hydrogen-bond acceptors (Lipinski definition) is 3. The van der Waals surface area contributed by atoms with Gasteiger partial charge in [0.25, 0.3) is 0 Å². The van der Waals surface area contributed by atoms with Gasteiger partial charge in [0, 0.05) is 33.5 Å². The van der Waals surface area contributed by atoms with Crippen LogP contribution < -0.4 is 4.90 Å². The molecule has 0 aliphatic carbocycles. The molecule has 202 valence electrons. The molecular weight excluding hydrogens is 522 g/mol. The van der Waals surface area contributed by atoms with Crippen LogP contribution in [0, 0.1) is 0 Å². The van der Waals surface area contributed by atoms with Crippen molar-refractivity contribution in [1.82, 2.24) is 9.97 Å². The molecule has 1 aliphatic heterocycles. The first-order chi connectivity index (χ1) is 21.3. The Labute approximate surface area is 251 Å². The molecule has 0 unspecified atom stereocenters. The Morgan fingerprint density at radius 1 is 0.349 bits per heavy atom. The van der Waals surface area contributed by atoms with Gasteiger partial charge in [-0.05, 0) is 53.6 Å². The van der Waals surface area contributed by atoms with Crippen LogP contribution in [-0.2, 0) is 0 Å². The van der Waals surface area contributed by atoms with Crippen molar-refractivity contribution in [1.29, 1.82) is 0 Å². The molecule has 0 N–H and O–H groups in total. The highest BCUT2D eigenvalue weighted by atomic mass is 15.1. The number of aromatic nitrogens is 2. The van der Waals surface area contributed by atoms with Crippen LogP contribution in [0.15, 0.2) is 164 Å². The molecule has 43 heavy (non-hydrogen) atoms. The fourth-order valence-electron chi connectivity index (χ4n) is 6.01. The zero-order valence-electron chi connectivity index (χ0n) is 23.4. The minimum absolute atomic E-state index is 0.702. The number of nitrogens with zero attached hydrogens (tertiary/aromatic N) is 3. The Hall–Kier alpha value is -5.80. The van der Waals surface area contributed by atoms with Crippen molar-refractivity contribution in [2.24, 2.45) is 0 Å². The maximum absolute atomic E-state index is 5.12. The first-order valence-electron chi connectivity index (χ1n) is 14.5. The topological polar surface area (TPSA) is 29.0 Å². The van der Waals surface area contributed by atoms with Crippen molar-refractivity contribution in [3.8, 4) is 56.2 Å². The number of hydrogen-bond donors (Lipinski definition) is 0. The highest BCUT2D eigenvalue weighted by molar-refractivity contribution is 6.03. The molecule has 1 aromatic heterocycles. The van der Waals surface area contributed by atoms with E-state index in [0.29, 0.717) is 5.82 Å². The second-order valence-corrected chi connectivity index (χ2v) is 10.7. The van der Waals surface area contributed by atoms with Gasteiger partial charge in [-0.25, -0.2) is 9.97 Å². The summed E-state index contributed by atoms with van der Waals surface area (Å²) < 4.78 is 0. The summed E-state index contributed by atoms with van der Waals surface area (Å²) in [6.45, 7) is 0. The van der Waals surface area contributed by atoms with Crippen LogP contribution in [0.1, 0.15) is 0 Å². The van der Waals surface area contributed by atoms with Gasteiger partial charge in [0.15, 0.2) is 5.82 Å². The first-order valence-corrected chi connectivity index (χ1v) is 14.5. The monoisotopic (exact) mass is 549 g/mol. The van der Waals surface area contributed by atoms with E-state index in [1.807, 2.05) is 12.1 Å². The van der Waals surface area contributed by atoms with Crippen molar-refractivity contribution >= 4 is 17.1 Å². The molecule has 3 nitrogen and oxygen atoms in total. The number of benzene rings is 6. The van der Waals surface area contributed by atoms with Crippen molar-refractivity contribution < 1.29 is 0 Å². The maximum atomic E-state index is 5.12. The number of anilines is 3. The second-order valence-electron chi connectivity index (χ2n) is 10.7. The first kappa shape index (κ1) is 25.0. The third-order valence-corrected chi connectivity index (χ3v) is 8.03. The lowest BCUT2D eigenvalue weighted by molar-refractivity contribution is 1.18. The second kappa shape index (κ2) is 10.6. The molecule has 0 saturated carbocycles. The highest BCUT2D eigenvalue weighted by Gasteiger charge is 2.26. The molecule has 1 aliphatic rings. The van der Waals surface area contributed by atoms with Gasteiger partial charge in [-0.1, -0.05) is 121 Å². The van der Waals surface area contributed by atoms with E-state index < -0.39 is 0 Å². The van der Waals surface area contributed by atoms with Gasteiger partial charge in [-0.2, -0.15) is 0 Å². The third kappa shape index (κ3) is 4.48. The summed E-state index contributed by atoms with van der Waals surface area (Å²) >= 11 is 0. The summed E-state index contributed by atoms with van der Waals surface area (Å²) in [5, 5.41) is 0. The average Bonchev–Trinajstić information content (AvgIpc) is 3.22. The summed E-state index contributed by atoms with van der Waals surface area (Å²) in [7, 11) is 0. The van der Waals surface area contributed by atoms with Gasteiger partial charge >= 0.3 is 0 Å². The Morgan fingerprint density at radius 3 is 1.47 bits per heavy atom. The smallest absolute Gasteiger partial charge is 0.160 e. The minimum atomic E-state index is 0.702. The van der Waals surface area contributed by atoms with Crippen LogP contribution >= 0.6 is 0 Å². The number of rotatable bonds is 4. The van der Waals surface area contributed by atoms with E-state index in [9.17, 15) is 0 Å². The summed E-state index contributed by atoms with van der Waals surface area (Å²) in [4.78, 5) is 12.6. The van der Waals surface area contributed by atoms with Crippen molar-refractivity contribution in [3.05, 3.63) is 164 Å². The predicted octanol–water partition coefficient (Wildman–Crippen LogP) is 10.6. The zero-order valence-corrected chi connectivity index (χ0v) is 23.4. The average molecular weight is 550 g/mol. The molecule has 3 heteroatoms. The van der Waals surface area contributed by atoms with E-state index >= 15 is 0 Å². The van der Waals surface area contributed by atoms with Gasteiger partial charge in [-0.3, -0.25) is 0 Å². The van der Waals surface area contributed by atoms with Crippen molar-refractivity contribution in [3.63, 3.8) is 0 Å². The van der Waals surface area contributed by atoms with Crippen LogP contribution in [0.5, 0.6) is 0 Å². The van der Waals surface area contributed by atoms with E-state index in [2.05, 4.69) is 157 Å². The van der Waals surface area contributed by atoms with Crippen molar-refractivity contribution in [2.75, 3.05) is 4.90 Å². The van der Waals surface area contributed by atoms with Crippen LogP contribution in [0.2, 0.25) is 0 Å². The van der Waals surface area contributed by atoms with Gasteiger partial charge in [0.05, 0.1) is 22.8 Å². The lowest BCUT2D eigenvalue weighted by Crippen LogP contribution is -2.10. The molecule has 0 atom stereocenters. The van der Waals surface area contributed by atoms with E-state index in [1.54, 1.807) is 0 Å². The zero-order chi connectivity index (χ0) is 28.6. The Bertz CT molecular complexity index is 2010. The Morgan fingerprint density at radius 2 is 0.837 bits per heavy atom. The molecule has 6 aromatic carbocycles. The van der Waals surface area contributed by atoms with Crippen LogP contribution in [0.4, 0.5) is 17.1 Å². The van der Waals surface area contributed by atoms with Gasteiger partial charge in [0.1, 0.15) is 0 Å². The number of para-hydroxylation sites is 2. The van der Waals surface area contributed by atoms with Crippen LogP contribution in [0.3, 0.4) is 0 Å². The SMILES string of the molecule is c1ccc(-c2cc(-c3ccccc3)nc(-c3ccc4c(c3)-c3ccccc3-c3ccccc3N4c3ccccc3)n2)cc1. The fourth-order valence-corrected chi connectivity index (χ4v) is 6.01. The molecular formula is C40H27N3. The van der Waals surface area contributed by atoms with E-state index in [1.165, 1.54) is 16.7 Å². The summed E-state index contributed by atoms with van der Waals surface area (Å²) in [6.07, 6.45) is 0. The molecule has 0 fully saturated rings. The molecule has 8 rings (SSSR count). The van der Waals surface area contributed by atoms with E-state index in [0.717, 1.165) is 50.7 Å². The Kier molecular flexibility index (Phi) is 6.12. The fraction of sp³-hybridized carbons (Fsp3) is 0. The van der Waals surface area contributed by atoms with E-state index in [-0.39, 0.29) is 0 Å². The van der Waals surface area contributed by atoms with Gasteiger partial charge in [-0.15, -0.1) is 0 Å². The summed E-state index contributed by atoms with van der Waals surface area (Å²) in [5.74, 6) is 0.702. The third-order valence-electron chi connectivity index (χ3n) is 8.03. The molecule has 0 radical (unpaired) electrons. The molecule has 0 saturated heterocycles. The van der Waals surface area contributed by atoms with Gasteiger partial charge in [0.2, 0.25) is 0 Å². The molecule has 2 heterocycles. The van der Waals surface area contributed by atoms with Crippen LogP contribution in [0.25, 0.3) is 56.2 Å². The largest absolute Gasteiger partial charge is 0.309 e. The highest BCUT2D eigenvalue weighted by Crippen LogP contribution is 2.51. The molecule has 0 amide bonds. The minimum Gasteiger partial charge on any atom is -0.309 e. The summed E-state index contributed by atoms with van der Waals surface area (Å²) in [5.41, 5.74) is 13.0. The van der Waals surface area contributed by atoms with Crippen molar-refractivity contribution in [2.45, 2.75) is 0 Å². The Balaban J connectivity index is 1.38. The van der Waals surface area contributed by atoms with E-state index in [4.69, 9.17) is 9.97 Å². The van der Waals surface area contributed by atoms with Crippen LogP contribution in [-0.4, -0.2) is 9.97 Å². The lowest BCUT2D eigenvalue weighted by atomic mass is 9.93. The molecule has 0 bridgehead atoms. The molecule has 7 aromatic rings. The summed E-state index contributed by atoms with van der Waals surface area (Å²) in [6, 6.07) is 57.3. The molecule has 0 spiro atoms. The predicted molar refractivity (Wildman–Crippen MR) is 177 cm³/mol. The lowest BCUT2D eigenvalue weighted by Gasteiger charge is -2.27. The number of fused-ring (bicyclic) bond motifs is 5. The quantitative estimate of drug-likeness (QED) is 0.219.